The van der Waals surface area contributed by atoms with Crippen LogP contribution in [0.3, 0.4) is 0 Å². The number of amides is 2. The highest BCUT2D eigenvalue weighted by molar-refractivity contribution is 5.97. The van der Waals surface area contributed by atoms with Gasteiger partial charge in [-0.2, -0.15) is 5.10 Å². The molecule has 0 heterocycles. The lowest BCUT2D eigenvalue weighted by Gasteiger charge is -2.20. The molecule has 0 unspecified atom stereocenters. The van der Waals surface area contributed by atoms with Crippen LogP contribution >= 0.6 is 0 Å². The second kappa shape index (κ2) is 9.97. The normalized spacial score (nSPS) is 15.7. The van der Waals surface area contributed by atoms with Crippen LogP contribution < -0.4 is 10.7 Å². The van der Waals surface area contributed by atoms with E-state index >= 15 is 0 Å². The minimum absolute atomic E-state index is 0.0908. The van der Waals surface area contributed by atoms with Gasteiger partial charge >= 0.3 is 0 Å². The van der Waals surface area contributed by atoms with Crippen LogP contribution in [0.25, 0.3) is 0 Å². The van der Waals surface area contributed by atoms with Crippen molar-refractivity contribution >= 4 is 23.2 Å². The Bertz CT molecular complexity index is 602. The molecule has 0 spiro atoms. The monoisotopic (exact) mass is 343 g/mol. The summed E-state index contributed by atoms with van der Waals surface area (Å²) in [6.07, 6.45) is 8.51. The molecule has 0 bridgehead atoms. The van der Waals surface area contributed by atoms with Crippen molar-refractivity contribution in [3.05, 3.63) is 29.8 Å². The molecule has 1 saturated carbocycles. The van der Waals surface area contributed by atoms with Gasteiger partial charge in [-0.25, -0.2) is 5.43 Å². The van der Waals surface area contributed by atoms with Gasteiger partial charge in [-0.15, -0.1) is 0 Å². The molecule has 1 aliphatic rings. The number of benzene rings is 1. The van der Waals surface area contributed by atoms with Gasteiger partial charge in [0.25, 0.3) is 5.91 Å². The summed E-state index contributed by atoms with van der Waals surface area (Å²) in [6, 6.07) is 6.96. The Labute approximate surface area is 150 Å². The van der Waals surface area contributed by atoms with Gasteiger partial charge in [-0.1, -0.05) is 32.6 Å². The smallest absolute Gasteiger partial charge is 0.271 e. The van der Waals surface area contributed by atoms with E-state index in [-0.39, 0.29) is 17.7 Å². The number of hydrogen-bond donors (Lipinski definition) is 2. The Kier molecular flexibility index (Phi) is 7.64. The fourth-order valence-corrected chi connectivity index (χ4v) is 3.01. The maximum Gasteiger partial charge on any atom is 0.271 e. The molecule has 25 heavy (non-hydrogen) atoms. The fourth-order valence-electron chi connectivity index (χ4n) is 3.01. The zero-order valence-electron chi connectivity index (χ0n) is 15.3. The lowest BCUT2D eigenvalue weighted by molar-refractivity contribution is -0.120. The summed E-state index contributed by atoms with van der Waals surface area (Å²) in [5.74, 6) is -0.0220. The van der Waals surface area contributed by atoms with E-state index in [1.54, 1.807) is 24.3 Å². The number of nitrogens with one attached hydrogen (secondary N) is 2. The molecular weight excluding hydrogens is 314 g/mol. The van der Waals surface area contributed by atoms with E-state index in [0.717, 1.165) is 56.3 Å². The van der Waals surface area contributed by atoms with Crippen molar-refractivity contribution in [1.82, 2.24) is 5.43 Å². The van der Waals surface area contributed by atoms with Gasteiger partial charge in [0.1, 0.15) is 0 Å². The van der Waals surface area contributed by atoms with Crippen molar-refractivity contribution in [3.63, 3.8) is 0 Å². The first-order valence-corrected chi connectivity index (χ1v) is 9.34. The Morgan fingerprint density at radius 3 is 2.44 bits per heavy atom. The lowest BCUT2D eigenvalue weighted by atomic mass is 9.88. The van der Waals surface area contributed by atoms with E-state index in [1.165, 1.54) is 6.42 Å². The van der Waals surface area contributed by atoms with Gasteiger partial charge in [0, 0.05) is 22.9 Å². The summed E-state index contributed by atoms with van der Waals surface area (Å²) in [4.78, 5) is 24.3. The SMILES string of the molecule is CCCCC(C)=NNC(=O)c1ccc(NC(=O)C2CCCCC2)cc1. The molecule has 0 aromatic heterocycles. The Morgan fingerprint density at radius 2 is 1.80 bits per heavy atom. The molecule has 1 aromatic carbocycles. The maximum absolute atomic E-state index is 12.2. The predicted molar refractivity (Wildman–Crippen MR) is 102 cm³/mol. The summed E-state index contributed by atoms with van der Waals surface area (Å²) in [5, 5.41) is 7.07. The molecule has 136 valence electrons. The van der Waals surface area contributed by atoms with Gasteiger partial charge in [-0.3, -0.25) is 9.59 Å². The number of carbonyl (C=O) groups excluding carboxylic acids is 2. The van der Waals surface area contributed by atoms with Crippen LogP contribution in [0.5, 0.6) is 0 Å². The van der Waals surface area contributed by atoms with Crippen molar-refractivity contribution in [2.75, 3.05) is 5.32 Å². The molecule has 0 radical (unpaired) electrons. The first-order chi connectivity index (χ1) is 12.1. The van der Waals surface area contributed by atoms with Crippen molar-refractivity contribution in [3.8, 4) is 0 Å². The van der Waals surface area contributed by atoms with E-state index < -0.39 is 0 Å². The molecule has 0 aliphatic heterocycles. The third kappa shape index (κ3) is 6.33. The Hall–Kier alpha value is -2.17. The average Bonchev–Trinajstić information content (AvgIpc) is 2.65. The van der Waals surface area contributed by atoms with Crippen LogP contribution in [0.4, 0.5) is 5.69 Å². The van der Waals surface area contributed by atoms with E-state index in [1.807, 2.05) is 6.92 Å². The van der Waals surface area contributed by atoms with Gasteiger partial charge in [0.15, 0.2) is 0 Å². The van der Waals surface area contributed by atoms with Crippen LogP contribution in [-0.2, 0) is 4.79 Å². The highest BCUT2D eigenvalue weighted by Crippen LogP contribution is 2.25. The second-order valence-corrected chi connectivity index (χ2v) is 6.79. The van der Waals surface area contributed by atoms with Gasteiger partial charge in [0.05, 0.1) is 0 Å². The third-order valence-corrected chi connectivity index (χ3v) is 4.63. The lowest BCUT2D eigenvalue weighted by Crippen LogP contribution is -2.24. The largest absolute Gasteiger partial charge is 0.326 e. The standard InChI is InChI=1S/C20H29N3O2/c1-3-4-8-15(2)22-23-20(25)17-11-13-18(14-12-17)21-19(24)16-9-6-5-7-10-16/h11-14,16H,3-10H2,1-2H3,(H,21,24)(H,23,25). The maximum atomic E-state index is 12.2. The minimum Gasteiger partial charge on any atom is -0.326 e. The predicted octanol–water partition coefficient (Wildman–Crippen LogP) is 4.50. The zero-order chi connectivity index (χ0) is 18.1. The summed E-state index contributed by atoms with van der Waals surface area (Å²) in [5.41, 5.74) is 4.77. The molecule has 1 aromatic rings. The van der Waals surface area contributed by atoms with Crippen LogP contribution in [0.2, 0.25) is 0 Å². The van der Waals surface area contributed by atoms with Crippen LogP contribution in [0.1, 0.15) is 75.6 Å². The van der Waals surface area contributed by atoms with Crippen LogP contribution in [-0.4, -0.2) is 17.5 Å². The number of rotatable bonds is 7. The van der Waals surface area contributed by atoms with Crippen LogP contribution in [0, 0.1) is 5.92 Å². The molecule has 1 fully saturated rings. The molecule has 5 heteroatoms. The zero-order valence-corrected chi connectivity index (χ0v) is 15.3. The number of hydrazone groups is 1. The molecular formula is C20H29N3O2. The van der Waals surface area contributed by atoms with Crippen molar-refractivity contribution < 1.29 is 9.59 Å². The average molecular weight is 343 g/mol. The molecule has 2 amide bonds. The van der Waals surface area contributed by atoms with Crippen molar-refractivity contribution in [1.29, 1.82) is 0 Å². The highest BCUT2D eigenvalue weighted by Gasteiger charge is 2.21. The van der Waals surface area contributed by atoms with Gasteiger partial charge < -0.3 is 5.32 Å². The highest BCUT2D eigenvalue weighted by atomic mass is 16.2. The Morgan fingerprint density at radius 1 is 1.12 bits per heavy atom. The molecule has 0 saturated heterocycles. The topological polar surface area (TPSA) is 70.6 Å². The van der Waals surface area contributed by atoms with E-state index in [4.69, 9.17) is 0 Å². The summed E-state index contributed by atoms with van der Waals surface area (Å²) in [7, 11) is 0. The van der Waals surface area contributed by atoms with Crippen molar-refractivity contribution in [2.45, 2.75) is 65.2 Å². The number of carbonyl (C=O) groups is 2. The summed E-state index contributed by atoms with van der Waals surface area (Å²) >= 11 is 0. The first-order valence-electron chi connectivity index (χ1n) is 9.34. The second-order valence-electron chi connectivity index (χ2n) is 6.79. The molecule has 5 nitrogen and oxygen atoms in total. The first kappa shape index (κ1) is 19.2. The Balaban J connectivity index is 1.86. The number of nitrogens with zero attached hydrogens (tertiary/aromatic N) is 1. The quantitative estimate of drug-likeness (QED) is 0.565. The molecule has 1 aliphatic carbocycles. The van der Waals surface area contributed by atoms with Gasteiger partial charge in [0.2, 0.25) is 5.91 Å². The number of unbranched alkanes of at least 4 members (excludes halogenated alkanes) is 1. The fraction of sp³-hybridized carbons (Fsp3) is 0.550. The van der Waals surface area contributed by atoms with Crippen LogP contribution in [0.15, 0.2) is 29.4 Å². The van der Waals surface area contributed by atoms with E-state index in [0.29, 0.717) is 5.56 Å². The summed E-state index contributed by atoms with van der Waals surface area (Å²) < 4.78 is 0. The van der Waals surface area contributed by atoms with E-state index in [9.17, 15) is 9.59 Å². The van der Waals surface area contributed by atoms with Gasteiger partial charge in [-0.05, 0) is 56.9 Å². The van der Waals surface area contributed by atoms with Crippen molar-refractivity contribution in [2.24, 2.45) is 11.0 Å². The number of hydrogen-bond acceptors (Lipinski definition) is 3. The molecule has 0 atom stereocenters. The minimum atomic E-state index is -0.235. The molecule has 2 rings (SSSR count). The molecule has 2 N–H and O–H groups in total. The van der Waals surface area contributed by atoms with E-state index in [2.05, 4.69) is 22.8 Å². The summed E-state index contributed by atoms with van der Waals surface area (Å²) in [6.45, 7) is 4.04. The number of anilines is 1. The third-order valence-electron chi connectivity index (χ3n) is 4.63.